The molecule has 1 aliphatic carbocycles. The Morgan fingerprint density at radius 2 is 1.93 bits per heavy atom. The van der Waals surface area contributed by atoms with Crippen LogP contribution >= 0.6 is 12.0 Å². The van der Waals surface area contributed by atoms with Crippen molar-refractivity contribution in [2.45, 2.75) is 50.0 Å². The quantitative estimate of drug-likeness (QED) is 0.0880. The van der Waals surface area contributed by atoms with Gasteiger partial charge in [0.2, 0.25) is 0 Å². The molecule has 3 aromatic rings. The maximum absolute atomic E-state index is 12.0. The number of hydrogen-bond donors (Lipinski definition) is 3. The van der Waals surface area contributed by atoms with Crippen molar-refractivity contribution in [1.29, 1.82) is 5.26 Å². The number of pyridine rings is 1. The molecule has 1 aliphatic rings. The number of anilines is 2. The number of nitrogens with zero attached hydrogens (tertiary/aromatic N) is 4. The van der Waals surface area contributed by atoms with Gasteiger partial charge in [-0.25, -0.2) is 18.7 Å². The number of benzene rings is 2. The van der Waals surface area contributed by atoms with Crippen LogP contribution in [0.1, 0.15) is 43.2 Å². The first-order chi connectivity index (χ1) is 19.4. The van der Waals surface area contributed by atoms with Crippen LogP contribution in [0.25, 0.3) is 10.8 Å². The van der Waals surface area contributed by atoms with Crippen molar-refractivity contribution in [3.63, 3.8) is 0 Å². The number of hydrogen-bond acceptors (Lipinski definition) is 12. The van der Waals surface area contributed by atoms with Crippen molar-refractivity contribution < 1.29 is 23.0 Å². The molecule has 0 unspecified atom stereocenters. The first-order valence-electron chi connectivity index (χ1n) is 12.8. The molecule has 1 heterocycles. The Morgan fingerprint density at radius 1 is 1.18 bits per heavy atom. The lowest BCUT2D eigenvalue weighted by atomic mass is 9.95. The minimum Gasteiger partial charge on any atom is -0.367 e. The van der Waals surface area contributed by atoms with Gasteiger partial charge in [0.05, 0.1) is 29.0 Å². The van der Waals surface area contributed by atoms with Gasteiger partial charge in [0.25, 0.3) is 0 Å². The maximum atomic E-state index is 12.0. The molecule has 13 heteroatoms. The summed E-state index contributed by atoms with van der Waals surface area (Å²) in [6.07, 6.45) is 5.39. The standard InChI is InChI=1S/C27H30N6O5S2/c1-3-40(35,36)16-15-29-27-25(18(2)22(17-28)26(31-27)30-19-9-5-4-6-10-19)33-32-23-13-14-24(39-38-37-34)21-12-8-7-11-20(21)23/h3,7-8,11-14,19,34H,1,4-6,9-10,15-16H2,2H3,(H2,29,30,31). The molecular weight excluding hydrogens is 552 g/mol. The van der Waals surface area contributed by atoms with E-state index < -0.39 is 9.84 Å². The average molecular weight is 583 g/mol. The summed E-state index contributed by atoms with van der Waals surface area (Å²) in [7, 11) is -3.43. The normalized spacial score (nSPS) is 14.3. The highest BCUT2D eigenvalue weighted by Gasteiger charge is 2.21. The van der Waals surface area contributed by atoms with Crippen LogP contribution in [0.4, 0.5) is 23.0 Å². The summed E-state index contributed by atoms with van der Waals surface area (Å²) in [5, 5.41) is 40.3. The molecule has 11 nitrogen and oxygen atoms in total. The second kappa shape index (κ2) is 13.7. The molecule has 0 amide bonds. The first kappa shape index (κ1) is 29.4. The number of nitrogens with one attached hydrogen (secondary N) is 2. The van der Waals surface area contributed by atoms with Gasteiger partial charge in [-0.2, -0.15) is 5.26 Å². The topological polar surface area (TPSA) is 158 Å². The lowest BCUT2D eigenvalue weighted by molar-refractivity contribution is -0.432. The van der Waals surface area contributed by atoms with Gasteiger partial charge >= 0.3 is 0 Å². The van der Waals surface area contributed by atoms with Crippen LogP contribution in [0, 0.1) is 18.3 Å². The third-order valence-corrected chi connectivity index (χ3v) is 8.62. The molecule has 40 heavy (non-hydrogen) atoms. The highest BCUT2D eigenvalue weighted by molar-refractivity contribution is 7.94. The average Bonchev–Trinajstić information content (AvgIpc) is 2.96. The van der Waals surface area contributed by atoms with Crippen molar-refractivity contribution in [1.82, 2.24) is 4.98 Å². The number of sulfone groups is 1. The van der Waals surface area contributed by atoms with Crippen LogP contribution in [0.2, 0.25) is 0 Å². The third kappa shape index (κ3) is 7.15. The Balaban J connectivity index is 1.74. The maximum Gasteiger partial charge on any atom is 0.172 e. The van der Waals surface area contributed by atoms with Gasteiger partial charge < -0.3 is 10.6 Å². The van der Waals surface area contributed by atoms with Gasteiger partial charge in [0, 0.05) is 33.8 Å². The van der Waals surface area contributed by atoms with E-state index in [1.807, 2.05) is 24.3 Å². The van der Waals surface area contributed by atoms with Crippen LogP contribution < -0.4 is 10.6 Å². The fourth-order valence-corrected chi connectivity index (χ4v) is 5.64. The summed E-state index contributed by atoms with van der Waals surface area (Å²) in [6.45, 7) is 5.21. The van der Waals surface area contributed by atoms with Crippen LogP contribution in [0.3, 0.4) is 0 Å². The van der Waals surface area contributed by atoms with Gasteiger partial charge in [-0.3, -0.25) is 0 Å². The van der Waals surface area contributed by atoms with Crippen molar-refractivity contribution in [3.8, 4) is 6.07 Å². The second-order valence-electron chi connectivity index (χ2n) is 9.26. The van der Waals surface area contributed by atoms with Crippen LogP contribution in [-0.2, 0) is 19.2 Å². The zero-order valence-electron chi connectivity index (χ0n) is 22.0. The molecule has 3 N–H and O–H groups in total. The number of aromatic nitrogens is 1. The fraction of sp³-hybridized carbons (Fsp3) is 0.333. The molecule has 0 spiro atoms. The van der Waals surface area contributed by atoms with Crippen LogP contribution in [-0.4, -0.2) is 37.0 Å². The Kier molecular flexibility index (Phi) is 10.1. The molecule has 1 aromatic heterocycles. The molecule has 4 rings (SSSR count). The Labute approximate surface area is 237 Å². The number of rotatable bonds is 12. The molecular formula is C27H30N6O5S2. The summed E-state index contributed by atoms with van der Waals surface area (Å²) in [6, 6.07) is 13.4. The number of nitriles is 1. The van der Waals surface area contributed by atoms with Gasteiger partial charge in [-0.1, -0.05) is 55.1 Å². The predicted molar refractivity (Wildman–Crippen MR) is 155 cm³/mol. The van der Waals surface area contributed by atoms with Crippen molar-refractivity contribution >= 4 is 55.7 Å². The Hall–Kier alpha value is -3.54. The minimum absolute atomic E-state index is 0.0693. The van der Waals surface area contributed by atoms with Gasteiger partial charge in [0.1, 0.15) is 17.6 Å². The summed E-state index contributed by atoms with van der Waals surface area (Å²) in [4.78, 5) is 5.38. The van der Waals surface area contributed by atoms with E-state index in [2.05, 4.69) is 47.9 Å². The molecule has 2 aromatic carbocycles. The van der Waals surface area contributed by atoms with E-state index in [4.69, 9.17) is 5.26 Å². The molecule has 0 saturated heterocycles. The smallest absolute Gasteiger partial charge is 0.172 e. The van der Waals surface area contributed by atoms with E-state index in [1.165, 1.54) is 6.42 Å². The molecule has 0 bridgehead atoms. The van der Waals surface area contributed by atoms with E-state index in [0.29, 0.717) is 39.0 Å². The van der Waals surface area contributed by atoms with Crippen LogP contribution in [0.15, 0.2) is 63.5 Å². The van der Waals surface area contributed by atoms with E-state index >= 15 is 0 Å². The summed E-state index contributed by atoms with van der Waals surface area (Å²) < 4.78 is 28.6. The third-order valence-electron chi connectivity index (χ3n) is 6.68. The second-order valence-corrected chi connectivity index (χ2v) is 12.1. The summed E-state index contributed by atoms with van der Waals surface area (Å²) in [5.74, 6) is 0.587. The predicted octanol–water partition coefficient (Wildman–Crippen LogP) is 6.97. The SMILES string of the molecule is C=CS(=O)(=O)CCNc1nc(NC2CCCCC2)c(C#N)c(C)c1N=Nc1ccc(SOOO)c2ccccc12. The van der Waals surface area contributed by atoms with Crippen molar-refractivity contribution in [2.75, 3.05) is 22.9 Å². The zero-order valence-corrected chi connectivity index (χ0v) is 23.6. The molecule has 1 saturated carbocycles. The Morgan fingerprint density at radius 3 is 2.62 bits per heavy atom. The van der Waals surface area contributed by atoms with Crippen LogP contribution in [0.5, 0.6) is 0 Å². The molecule has 0 aliphatic heterocycles. The molecule has 210 valence electrons. The van der Waals surface area contributed by atoms with Gasteiger partial charge in [0.15, 0.2) is 15.7 Å². The first-order valence-corrected chi connectivity index (χ1v) is 15.2. The van der Waals surface area contributed by atoms with E-state index in [1.54, 1.807) is 19.1 Å². The van der Waals surface area contributed by atoms with E-state index in [0.717, 1.165) is 53.9 Å². The van der Waals surface area contributed by atoms with Gasteiger partial charge in [-0.15, -0.1) is 14.6 Å². The largest absolute Gasteiger partial charge is 0.367 e. The monoisotopic (exact) mass is 582 g/mol. The van der Waals surface area contributed by atoms with Crippen molar-refractivity contribution in [2.24, 2.45) is 10.2 Å². The van der Waals surface area contributed by atoms with Gasteiger partial charge in [-0.05, 0) is 37.3 Å². The lowest BCUT2D eigenvalue weighted by Crippen LogP contribution is -2.24. The van der Waals surface area contributed by atoms with E-state index in [-0.39, 0.29) is 18.3 Å². The fourth-order valence-electron chi connectivity index (χ4n) is 4.59. The minimum atomic E-state index is -3.43. The molecule has 0 radical (unpaired) electrons. The molecule has 1 fully saturated rings. The highest BCUT2D eigenvalue weighted by atomic mass is 32.2. The van der Waals surface area contributed by atoms with Crippen molar-refractivity contribution in [3.05, 3.63) is 59.5 Å². The Bertz CT molecular complexity index is 1550. The zero-order chi connectivity index (χ0) is 28.5. The summed E-state index contributed by atoms with van der Waals surface area (Å²) in [5.41, 5.74) is 1.81. The number of fused-ring (bicyclic) bond motifs is 1. The molecule has 0 atom stereocenters. The summed E-state index contributed by atoms with van der Waals surface area (Å²) >= 11 is 0.848. The highest BCUT2D eigenvalue weighted by Crippen LogP contribution is 2.38. The lowest BCUT2D eigenvalue weighted by Gasteiger charge is -2.25. The van der Waals surface area contributed by atoms with E-state index in [9.17, 15) is 13.7 Å². The number of azo groups is 1.